The highest BCUT2D eigenvalue weighted by Gasteiger charge is 2.18. The molecule has 1 aromatic carbocycles. The van der Waals surface area contributed by atoms with Crippen LogP contribution in [0.15, 0.2) is 36.9 Å². The lowest BCUT2D eigenvalue weighted by Gasteiger charge is -2.26. The first-order valence-electron chi connectivity index (χ1n) is 7.71. The summed E-state index contributed by atoms with van der Waals surface area (Å²) in [4.78, 5) is 26.1. The minimum Gasteiger partial charge on any atom is -0.339 e. The number of amides is 2. The number of piperidine rings is 1. The van der Waals surface area contributed by atoms with E-state index in [0.29, 0.717) is 17.8 Å². The Morgan fingerprint density at radius 3 is 2.73 bits per heavy atom. The molecule has 1 aliphatic heterocycles. The molecular weight excluding hydrogens is 278 g/mol. The number of hydrogen-bond donors (Lipinski definition) is 2. The number of benzene rings is 1. The standard InChI is InChI=1S/C17H23N3O2/c1-2-9-18-13-16(21)19-15-8-6-7-14(12-15)17(22)20-10-4-3-5-11-20/h2,6-8,12,18H,1,3-5,9-11,13H2,(H,19,21). The molecule has 2 amide bonds. The monoisotopic (exact) mass is 301 g/mol. The second kappa shape index (κ2) is 8.34. The SMILES string of the molecule is C=CCNCC(=O)Nc1cccc(C(=O)N2CCCCC2)c1. The van der Waals surface area contributed by atoms with Crippen LogP contribution in [0.5, 0.6) is 0 Å². The van der Waals surface area contributed by atoms with Crippen molar-refractivity contribution >= 4 is 17.5 Å². The number of anilines is 1. The average Bonchev–Trinajstić information content (AvgIpc) is 2.55. The zero-order chi connectivity index (χ0) is 15.8. The smallest absolute Gasteiger partial charge is 0.253 e. The van der Waals surface area contributed by atoms with Crippen LogP contribution in [0.25, 0.3) is 0 Å². The van der Waals surface area contributed by atoms with Crippen molar-refractivity contribution in [1.82, 2.24) is 10.2 Å². The first-order chi connectivity index (χ1) is 10.7. The Kier molecular flexibility index (Phi) is 6.15. The van der Waals surface area contributed by atoms with Gasteiger partial charge in [-0.15, -0.1) is 6.58 Å². The van der Waals surface area contributed by atoms with Crippen molar-refractivity contribution in [3.63, 3.8) is 0 Å². The number of carbonyl (C=O) groups is 2. The number of hydrogen-bond acceptors (Lipinski definition) is 3. The molecule has 2 N–H and O–H groups in total. The molecule has 5 heteroatoms. The molecule has 0 aromatic heterocycles. The number of nitrogens with one attached hydrogen (secondary N) is 2. The highest BCUT2D eigenvalue weighted by atomic mass is 16.2. The predicted molar refractivity (Wildman–Crippen MR) is 87.9 cm³/mol. The number of nitrogens with zero attached hydrogens (tertiary/aromatic N) is 1. The van der Waals surface area contributed by atoms with Crippen LogP contribution < -0.4 is 10.6 Å². The van der Waals surface area contributed by atoms with Crippen LogP contribution in [0.1, 0.15) is 29.6 Å². The van der Waals surface area contributed by atoms with Gasteiger partial charge in [-0.05, 0) is 37.5 Å². The summed E-state index contributed by atoms with van der Waals surface area (Å²) in [7, 11) is 0. The molecule has 1 aliphatic rings. The molecule has 1 heterocycles. The molecule has 0 aliphatic carbocycles. The van der Waals surface area contributed by atoms with Crippen molar-refractivity contribution < 1.29 is 9.59 Å². The summed E-state index contributed by atoms with van der Waals surface area (Å²) in [5.41, 5.74) is 1.27. The zero-order valence-corrected chi connectivity index (χ0v) is 12.8. The number of likely N-dealkylation sites (tertiary alicyclic amines) is 1. The van der Waals surface area contributed by atoms with Crippen LogP contribution >= 0.6 is 0 Å². The van der Waals surface area contributed by atoms with Gasteiger partial charge in [-0.1, -0.05) is 12.1 Å². The van der Waals surface area contributed by atoms with Gasteiger partial charge >= 0.3 is 0 Å². The first-order valence-corrected chi connectivity index (χ1v) is 7.71. The maximum atomic E-state index is 12.4. The summed E-state index contributed by atoms with van der Waals surface area (Å²) in [6, 6.07) is 7.12. The molecule has 118 valence electrons. The normalized spacial score (nSPS) is 14.5. The molecule has 0 unspecified atom stereocenters. The highest BCUT2D eigenvalue weighted by Crippen LogP contribution is 2.16. The fourth-order valence-electron chi connectivity index (χ4n) is 2.50. The van der Waals surface area contributed by atoms with Crippen molar-refractivity contribution in [3.8, 4) is 0 Å². The van der Waals surface area contributed by atoms with E-state index < -0.39 is 0 Å². The summed E-state index contributed by atoms with van der Waals surface area (Å²) in [5.74, 6) is -0.0926. The fraction of sp³-hybridized carbons (Fsp3) is 0.412. The van der Waals surface area contributed by atoms with Crippen LogP contribution in [0.4, 0.5) is 5.69 Å². The van der Waals surface area contributed by atoms with Gasteiger partial charge in [-0.2, -0.15) is 0 Å². The summed E-state index contributed by atoms with van der Waals surface area (Å²) >= 11 is 0. The third kappa shape index (κ3) is 4.70. The largest absolute Gasteiger partial charge is 0.339 e. The first kappa shape index (κ1) is 16.2. The predicted octanol–water partition coefficient (Wildman–Crippen LogP) is 2.03. The highest BCUT2D eigenvalue weighted by molar-refractivity contribution is 5.97. The molecule has 0 atom stereocenters. The van der Waals surface area contributed by atoms with Gasteiger partial charge < -0.3 is 15.5 Å². The molecule has 0 radical (unpaired) electrons. The molecule has 0 saturated carbocycles. The van der Waals surface area contributed by atoms with E-state index in [1.165, 1.54) is 6.42 Å². The maximum Gasteiger partial charge on any atom is 0.253 e. The Bertz CT molecular complexity index is 536. The molecule has 2 rings (SSSR count). The molecule has 5 nitrogen and oxygen atoms in total. The number of rotatable bonds is 6. The molecule has 1 aromatic rings. The average molecular weight is 301 g/mol. The van der Waals surface area contributed by atoms with E-state index in [1.54, 1.807) is 30.3 Å². The maximum absolute atomic E-state index is 12.4. The minimum absolute atomic E-state index is 0.0422. The summed E-state index contributed by atoms with van der Waals surface area (Å²) < 4.78 is 0. The van der Waals surface area contributed by atoms with Crippen LogP contribution in [-0.4, -0.2) is 42.9 Å². The Balaban J connectivity index is 1.95. The van der Waals surface area contributed by atoms with Crippen molar-refractivity contribution in [2.24, 2.45) is 0 Å². The Hall–Kier alpha value is -2.14. The third-order valence-electron chi connectivity index (χ3n) is 3.61. The molecule has 1 saturated heterocycles. The Morgan fingerprint density at radius 1 is 1.23 bits per heavy atom. The summed E-state index contributed by atoms with van der Waals surface area (Å²) in [6.07, 6.45) is 5.02. The van der Waals surface area contributed by atoms with Crippen molar-refractivity contribution in [2.45, 2.75) is 19.3 Å². The topological polar surface area (TPSA) is 61.4 Å². The van der Waals surface area contributed by atoms with Gasteiger partial charge in [0.05, 0.1) is 6.54 Å². The van der Waals surface area contributed by atoms with Gasteiger partial charge in [0.25, 0.3) is 5.91 Å². The van der Waals surface area contributed by atoms with E-state index in [-0.39, 0.29) is 18.4 Å². The molecule has 0 bridgehead atoms. The summed E-state index contributed by atoms with van der Waals surface area (Å²) in [6.45, 7) is 6.02. The molecule has 0 spiro atoms. The lowest BCUT2D eigenvalue weighted by Crippen LogP contribution is -2.35. The second-order valence-electron chi connectivity index (χ2n) is 5.40. The van der Waals surface area contributed by atoms with Crippen LogP contribution in [0.2, 0.25) is 0 Å². The van der Waals surface area contributed by atoms with Crippen molar-refractivity contribution in [3.05, 3.63) is 42.5 Å². The molecular formula is C17H23N3O2. The van der Waals surface area contributed by atoms with Gasteiger partial charge in [-0.3, -0.25) is 9.59 Å². The quantitative estimate of drug-likeness (QED) is 0.624. The molecule has 22 heavy (non-hydrogen) atoms. The third-order valence-corrected chi connectivity index (χ3v) is 3.61. The van der Waals surface area contributed by atoms with Gasteiger partial charge in [-0.25, -0.2) is 0 Å². The van der Waals surface area contributed by atoms with Gasteiger partial charge in [0.1, 0.15) is 0 Å². The van der Waals surface area contributed by atoms with Gasteiger partial charge in [0, 0.05) is 30.9 Å². The summed E-state index contributed by atoms with van der Waals surface area (Å²) in [5, 5.41) is 5.73. The van der Waals surface area contributed by atoms with Crippen molar-refractivity contribution in [2.75, 3.05) is 31.5 Å². The Morgan fingerprint density at radius 2 is 2.00 bits per heavy atom. The fourth-order valence-corrected chi connectivity index (χ4v) is 2.50. The van der Waals surface area contributed by atoms with Crippen molar-refractivity contribution in [1.29, 1.82) is 0 Å². The zero-order valence-electron chi connectivity index (χ0n) is 12.8. The number of carbonyl (C=O) groups excluding carboxylic acids is 2. The van der Waals surface area contributed by atoms with E-state index in [9.17, 15) is 9.59 Å². The Labute approximate surface area is 131 Å². The van der Waals surface area contributed by atoms with E-state index in [1.807, 2.05) is 4.90 Å². The van der Waals surface area contributed by atoms with Crippen LogP contribution in [0, 0.1) is 0 Å². The van der Waals surface area contributed by atoms with Gasteiger partial charge in [0.2, 0.25) is 5.91 Å². The second-order valence-corrected chi connectivity index (χ2v) is 5.40. The van der Waals surface area contributed by atoms with Crippen LogP contribution in [-0.2, 0) is 4.79 Å². The van der Waals surface area contributed by atoms with E-state index in [2.05, 4.69) is 17.2 Å². The van der Waals surface area contributed by atoms with Crippen LogP contribution in [0.3, 0.4) is 0 Å². The van der Waals surface area contributed by atoms with E-state index in [0.717, 1.165) is 25.9 Å². The van der Waals surface area contributed by atoms with E-state index in [4.69, 9.17) is 0 Å². The lowest BCUT2D eigenvalue weighted by atomic mass is 10.1. The van der Waals surface area contributed by atoms with E-state index >= 15 is 0 Å². The molecule has 1 fully saturated rings. The lowest BCUT2D eigenvalue weighted by molar-refractivity contribution is -0.115. The van der Waals surface area contributed by atoms with Gasteiger partial charge in [0.15, 0.2) is 0 Å². The minimum atomic E-state index is -0.135.